The summed E-state index contributed by atoms with van der Waals surface area (Å²) in [5.74, 6) is -0.311. The molecule has 0 heterocycles. The maximum absolute atomic E-state index is 11.8. The molecule has 0 spiro atoms. The van der Waals surface area contributed by atoms with Crippen LogP contribution in [0.2, 0.25) is 15.1 Å². The van der Waals surface area contributed by atoms with Crippen LogP contribution in [-0.4, -0.2) is 5.91 Å². The van der Waals surface area contributed by atoms with E-state index in [9.17, 15) is 4.79 Å². The Morgan fingerprint density at radius 2 is 1.50 bits per heavy atom. The van der Waals surface area contributed by atoms with Gasteiger partial charge < -0.3 is 5.32 Å². The lowest BCUT2D eigenvalue weighted by Crippen LogP contribution is -2.07. The van der Waals surface area contributed by atoms with Gasteiger partial charge in [-0.2, -0.15) is 0 Å². The van der Waals surface area contributed by atoms with Crippen LogP contribution in [0.1, 0.15) is 5.56 Å². The third-order valence-electron chi connectivity index (χ3n) is 2.53. The van der Waals surface area contributed by atoms with Crippen molar-refractivity contribution in [3.8, 4) is 0 Å². The minimum atomic E-state index is -0.311. The molecule has 2 nitrogen and oxygen atoms in total. The van der Waals surface area contributed by atoms with Gasteiger partial charge in [0.2, 0.25) is 5.91 Å². The molecule has 1 N–H and O–H groups in total. The molecule has 2 aromatic rings. The Balaban J connectivity index is 2.12. The van der Waals surface area contributed by atoms with Crippen molar-refractivity contribution in [2.45, 2.75) is 0 Å². The second-order valence-electron chi connectivity index (χ2n) is 3.94. The molecule has 0 radical (unpaired) electrons. The molecule has 2 rings (SSSR count). The number of rotatable bonds is 3. The molecule has 20 heavy (non-hydrogen) atoms. The van der Waals surface area contributed by atoms with Gasteiger partial charge in [-0.1, -0.05) is 53.0 Å². The van der Waals surface area contributed by atoms with Gasteiger partial charge in [0.25, 0.3) is 0 Å². The number of anilines is 1. The van der Waals surface area contributed by atoms with Gasteiger partial charge in [-0.05, 0) is 30.3 Å². The number of hydrogen-bond acceptors (Lipinski definition) is 1. The number of carbonyl (C=O) groups excluding carboxylic acids is 1. The van der Waals surface area contributed by atoms with Crippen molar-refractivity contribution in [1.82, 2.24) is 0 Å². The smallest absolute Gasteiger partial charge is 0.248 e. The summed E-state index contributed by atoms with van der Waals surface area (Å²) in [6.07, 6.45) is 2.92. The first kappa shape index (κ1) is 14.9. The average molecular weight is 327 g/mol. The first-order valence-electron chi connectivity index (χ1n) is 5.75. The monoisotopic (exact) mass is 325 g/mol. The van der Waals surface area contributed by atoms with E-state index in [2.05, 4.69) is 5.32 Å². The summed E-state index contributed by atoms with van der Waals surface area (Å²) in [5.41, 5.74) is 1.15. The second-order valence-corrected chi connectivity index (χ2v) is 5.16. The molecule has 0 saturated carbocycles. The van der Waals surface area contributed by atoms with Crippen molar-refractivity contribution >= 4 is 52.5 Å². The molecule has 0 aliphatic heterocycles. The Labute approximate surface area is 132 Å². The SMILES string of the molecule is O=C(/C=C\c1c(Cl)cccc1Cl)Nc1ccccc1Cl. The van der Waals surface area contributed by atoms with E-state index in [1.165, 1.54) is 6.08 Å². The standard InChI is InChI=1S/C15H10Cl3NO/c16-11-5-3-6-12(17)10(11)8-9-15(20)19-14-7-2-1-4-13(14)18/h1-9H,(H,19,20)/b9-8-. The largest absolute Gasteiger partial charge is 0.321 e. The summed E-state index contributed by atoms with van der Waals surface area (Å²) >= 11 is 18.0. The maximum atomic E-state index is 11.8. The zero-order valence-corrected chi connectivity index (χ0v) is 12.5. The molecule has 0 fully saturated rings. The van der Waals surface area contributed by atoms with E-state index in [0.29, 0.717) is 26.3 Å². The van der Waals surface area contributed by atoms with Crippen molar-refractivity contribution in [2.75, 3.05) is 5.32 Å². The van der Waals surface area contributed by atoms with Crippen LogP contribution in [0.15, 0.2) is 48.5 Å². The molecular weight excluding hydrogens is 317 g/mol. The van der Waals surface area contributed by atoms with Crippen LogP contribution in [0.25, 0.3) is 6.08 Å². The van der Waals surface area contributed by atoms with E-state index < -0.39 is 0 Å². The summed E-state index contributed by atoms with van der Waals surface area (Å²) in [6, 6.07) is 12.2. The molecule has 1 amide bonds. The van der Waals surface area contributed by atoms with E-state index >= 15 is 0 Å². The third-order valence-corrected chi connectivity index (χ3v) is 3.52. The summed E-state index contributed by atoms with van der Waals surface area (Å²) in [5, 5.41) is 4.12. The molecule has 102 valence electrons. The fourth-order valence-electron chi connectivity index (χ4n) is 1.57. The van der Waals surface area contributed by atoms with Gasteiger partial charge >= 0.3 is 0 Å². The Hall–Kier alpha value is -1.48. The predicted molar refractivity (Wildman–Crippen MR) is 85.6 cm³/mol. The fourth-order valence-corrected chi connectivity index (χ4v) is 2.27. The van der Waals surface area contributed by atoms with Crippen LogP contribution in [-0.2, 0) is 4.79 Å². The lowest BCUT2D eigenvalue weighted by Gasteiger charge is -2.04. The highest BCUT2D eigenvalue weighted by Gasteiger charge is 2.04. The zero-order valence-electron chi connectivity index (χ0n) is 10.2. The van der Waals surface area contributed by atoms with Gasteiger partial charge in [0.15, 0.2) is 0 Å². The molecule has 0 unspecified atom stereocenters. The molecule has 0 aromatic heterocycles. The van der Waals surface area contributed by atoms with E-state index in [0.717, 1.165) is 0 Å². The van der Waals surface area contributed by atoms with Crippen LogP contribution in [0.4, 0.5) is 5.69 Å². The maximum Gasteiger partial charge on any atom is 0.248 e. The normalized spacial score (nSPS) is 10.8. The summed E-state index contributed by atoms with van der Waals surface area (Å²) < 4.78 is 0. The molecule has 2 aromatic carbocycles. The van der Waals surface area contributed by atoms with Gasteiger partial charge in [-0.3, -0.25) is 4.79 Å². The fraction of sp³-hybridized carbons (Fsp3) is 0. The summed E-state index contributed by atoms with van der Waals surface area (Å²) in [4.78, 5) is 11.8. The number of carbonyl (C=O) groups is 1. The van der Waals surface area contributed by atoms with Gasteiger partial charge in [-0.25, -0.2) is 0 Å². The molecule has 0 saturated heterocycles. The van der Waals surface area contributed by atoms with Crippen molar-refractivity contribution in [1.29, 1.82) is 0 Å². The van der Waals surface area contributed by atoms with Gasteiger partial charge in [0.05, 0.1) is 10.7 Å². The highest BCUT2D eigenvalue weighted by molar-refractivity contribution is 6.37. The molecular formula is C15H10Cl3NO. The third kappa shape index (κ3) is 3.76. The highest BCUT2D eigenvalue weighted by Crippen LogP contribution is 2.25. The van der Waals surface area contributed by atoms with Crippen molar-refractivity contribution in [3.05, 3.63) is 69.2 Å². The molecule has 0 aliphatic carbocycles. The van der Waals surface area contributed by atoms with Gasteiger partial charge in [0.1, 0.15) is 0 Å². The van der Waals surface area contributed by atoms with E-state index in [1.54, 1.807) is 48.5 Å². The van der Waals surface area contributed by atoms with Crippen LogP contribution < -0.4 is 5.32 Å². The number of benzene rings is 2. The molecule has 0 aliphatic rings. The van der Waals surface area contributed by atoms with Crippen molar-refractivity contribution < 1.29 is 4.79 Å². The zero-order chi connectivity index (χ0) is 14.5. The average Bonchev–Trinajstić information content (AvgIpc) is 2.41. The van der Waals surface area contributed by atoms with Gasteiger partial charge in [-0.15, -0.1) is 0 Å². The van der Waals surface area contributed by atoms with Crippen LogP contribution in [0.5, 0.6) is 0 Å². The summed E-state index contributed by atoms with van der Waals surface area (Å²) in [6.45, 7) is 0. The topological polar surface area (TPSA) is 29.1 Å². The minimum Gasteiger partial charge on any atom is -0.321 e. The first-order chi connectivity index (χ1) is 9.58. The number of para-hydroxylation sites is 1. The number of nitrogens with one attached hydrogen (secondary N) is 1. The Kier molecular flexibility index (Phi) is 5.07. The summed E-state index contributed by atoms with van der Waals surface area (Å²) in [7, 11) is 0. The van der Waals surface area contributed by atoms with E-state index in [-0.39, 0.29) is 5.91 Å². The Bertz CT molecular complexity index is 648. The number of amides is 1. The molecule has 0 atom stereocenters. The quantitative estimate of drug-likeness (QED) is 0.762. The predicted octanol–water partition coefficient (Wildman–Crippen LogP) is 5.30. The molecule has 0 bridgehead atoms. The van der Waals surface area contributed by atoms with Gasteiger partial charge in [0, 0.05) is 21.7 Å². The number of halogens is 3. The molecule has 5 heteroatoms. The van der Waals surface area contributed by atoms with E-state index in [4.69, 9.17) is 34.8 Å². The van der Waals surface area contributed by atoms with Crippen molar-refractivity contribution in [2.24, 2.45) is 0 Å². The minimum absolute atomic E-state index is 0.311. The highest BCUT2D eigenvalue weighted by atomic mass is 35.5. The Morgan fingerprint density at radius 3 is 2.15 bits per heavy atom. The van der Waals surface area contributed by atoms with Crippen LogP contribution in [0, 0.1) is 0 Å². The van der Waals surface area contributed by atoms with Crippen LogP contribution in [0.3, 0.4) is 0 Å². The van der Waals surface area contributed by atoms with Crippen molar-refractivity contribution in [3.63, 3.8) is 0 Å². The lowest BCUT2D eigenvalue weighted by molar-refractivity contribution is -0.111. The van der Waals surface area contributed by atoms with E-state index in [1.807, 2.05) is 0 Å². The Morgan fingerprint density at radius 1 is 0.900 bits per heavy atom. The number of hydrogen-bond donors (Lipinski definition) is 1. The van der Waals surface area contributed by atoms with Crippen LogP contribution >= 0.6 is 34.8 Å². The lowest BCUT2D eigenvalue weighted by atomic mass is 10.2. The first-order valence-corrected chi connectivity index (χ1v) is 6.89. The second kappa shape index (κ2) is 6.80.